The molecule has 5 heteroatoms. The van der Waals surface area contributed by atoms with Crippen molar-refractivity contribution >= 4 is 16.7 Å². The fourth-order valence-corrected chi connectivity index (χ4v) is 7.58. The molecule has 6 rings (SSSR count). The summed E-state index contributed by atoms with van der Waals surface area (Å²) in [6, 6.07) is 12.4. The molecule has 1 aromatic heterocycles. The topological polar surface area (TPSA) is 73.9 Å². The third-order valence-electron chi connectivity index (χ3n) is 9.83. The quantitative estimate of drug-likeness (QED) is 0.364. The summed E-state index contributed by atoms with van der Waals surface area (Å²) >= 11 is 0. The van der Waals surface area contributed by atoms with Gasteiger partial charge in [-0.2, -0.15) is 5.26 Å². The summed E-state index contributed by atoms with van der Waals surface area (Å²) in [7, 11) is 0. The van der Waals surface area contributed by atoms with Crippen LogP contribution in [0.2, 0.25) is 0 Å². The van der Waals surface area contributed by atoms with Gasteiger partial charge in [-0.05, 0) is 97.2 Å². The fourth-order valence-electron chi connectivity index (χ4n) is 7.58. The van der Waals surface area contributed by atoms with Crippen molar-refractivity contribution < 1.29 is 5.11 Å². The van der Waals surface area contributed by atoms with E-state index in [1.54, 1.807) is 0 Å². The van der Waals surface area contributed by atoms with Crippen LogP contribution in [0.5, 0.6) is 0 Å². The highest BCUT2D eigenvalue weighted by molar-refractivity contribution is 5.87. The van der Waals surface area contributed by atoms with Gasteiger partial charge in [0, 0.05) is 25.1 Å². The fraction of sp³-hybridized carbons (Fsp3) is 0.576. The summed E-state index contributed by atoms with van der Waals surface area (Å²) in [5.74, 6) is 1.16. The molecule has 38 heavy (non-hydrogen) atoms. The van der Waals surface area contributed by atoms with Crippen LogP contribution in [0.15, 0.2) is 30.6 Å². The van der Waals surface area contributed by atoms with Gasteiger partial charge in [-0.3, -0.25) is 0 Å². The third kappa shape index (κ3) is 4.62. The number of benzene rings is 2. The van der Waals surface area contributed by atoms with Crippen molar-refractivity contribution in [2.75, 3.05) is 18.5 Å². The molecule has 1 aliphatic heterocycles. The van der Waals surface area contributed by atoms with Crippen LogP contribution < -0.4 is 5.32 Å². The lowest BCUT2D eigenvalue weighted by Crippen LogP contribution is -2.13. The Balaban J connectivity index is 1.44. The zero-order valence-electron chi connectivity index (χ0n) is 22.9. The van der Waals surface area contributed by atoms with E-state index in [9.17, 15) is 10.4 Å². The number of hydrogen-bond acceptors (Lipinski definition) is 4. The molecule has 0 radical (unpaired) electrons. The first-order valence-electron chi connectivity index (χ1n) is 15.1. The second-order valence-corrected chi connectivity index (χ2v) is 12.0. The van der Waals surface area contributed by atoms with Gasteiger partial charge in [-0.15, -0.1) is 0 Å². The summed E-state index contributed by atoms with van der Waals surface area (Å²) in [6.07, 6.45) is 16.2. The molecule has 2 aliphatic carbocycles. The molecule has 2 saturated carbocycles. The highest BCUT2D eigenvalue weighted by atomic mass is 16.3. The van der Waals surface area contributed by atoms with E-state index in [0.29, 0.717) is 23.8 Å². The first kappa shape index (κ1) is 25.4. The number of nitriles is 1. The van der Waals surface area contributed by atoms with Crippen molar-refractivity contribution in [3.05, 3.63) is 47.3 Å². The summed E-state index contributed by atoms with van der Waals surface area (Å²) in [6.45, 7) is 3.43. The van der Waals surface area contributed by atoms with Crippen molar-refractivity contribution in [1.29, 1.82) is 5.26 Å². The standard InChI is InChI=1S/C33H42N4O/c1-2-23-19-35-33-29(18-34)27(24-9-7-6-8-22(20-38)12-13-24)17-28(32(23)33)25-14-15-31-30(16-25)36-21-37(31)26-10-4-3-5-11-26/h14-17,21-24,26,35,38H,2-13,19-20H2,1H3. The second kappa shape index (κ2) is 11.1. The van der Waals surface area contributed by atoms with Crippen LogP contribution in [0.3, 0.4) is 0 Å². The SMILES string of the molecule is CCC1CNc2c(C#N)c(C3CCCCC(CO)CC3)cc(-c3ccc4c(c3)ncn4C3CCCCC3)c21. The van der Waals surface area contributed by atoms with Gasteiger partial charge in [0.05, 0.1) is 28.6 Å². The van der Waals surface area contributed by atoms with Crippen LogP contribution in [0, 0.1) is 17.2 Å². The average molecular weight is 511 g/mol. The maximum atomic E-state index is 10.4. The zero-order chi connectivity index (χ0) is 26.1. The van der Waals surface area contributed by atoms with Gasteiger partial charge in [0.25, 0.3) is 0 Å². The molecule has 2 heterocycles. The summed E-state index contributed by atoms with van der Waals surface area (Å²) in [5, 5.41) is 23.9. The Morgan fingerprint density at radius 1 is 1.03 bits per heavy atom. The molecule has 2 aromatic carbocycles. The lowest BCUT2D eigenvalue weighted by atomic mass is 9.78. The molecule has 3 unspecified atom stereocenters. The molecule has 3 aliphatic rings. The van der Waals surface area contributed by atoms with Crippen LogP contribution in [0.4, 0.5) is 5.69 Å². The lowest BCUT2D eigenvalue weighted by Gasteiger charge is -2.27. The largest absolute Gasteiger partial charge is 0.396 e. The Hall–Kier alpha value is -2.84. The minimum Gasteiger partial charge on any atom is -0.396 e. The number of fused-ring (bicyclic) bond motifs is 2. The van der Waals surface area contributed by atoms with Gasteiger partial charge in [0.1, 0.15) is 6.07 Å². The highest BCUT2D eigenvalue weighted by Crippen LogP contribution is 2.47. The van der Waals surface area contributed by atoms with E-state index in [1.807, 2.05) is 0 Å². The maximum Gasteiger partial charge on any atom is 0.102 e. The Morgan fingerprint density at radius 3 is 2.63 bits per heavy atom. The van der Waals surface area contributed by atoms with Gasteiger partial charge in [-0.25, -0.2) is 4.98 Å². The van der Waals surface area contributed by atoms with Crippen molar-refractivity contribution in [2.24, 2.45) is 5.92 Å². The molecule has 0 bridgehead atoms. The zero-order valence-corrected chi connectivity index (χ0v) is 22.9. The van der Waals surface area contributed by atoms with E-state index >= 15 is 0 Å². The van der Waals surface area contributed by atoms with Crippen LogP contribution in [0.25, 0.3) is 22.2 Å². The highest BCUT2D eigenvalue weighted by Gasteiger charge is 2.32. The average Bonchev–Trinajstić information content (AvgIpc) is 3.57. The van der Waals surface area contributed by atoms with E-state index in [0.717, 1.165) is 68.3 Å². The van der Waals surface area contributed by atoms with Crippen LogP contribution in [0.1, 0.15) is 119 Å². The molecule has 5 nitrogen and oxygen atoms in total. The van der Waals surface area contributed by atoms with E-state index in [4.69, 9.17) is 4.98 Å². The molecule has 200 valence electrons. The number of nitrogens with zero attached hydrogens (tertiary/aromatic N) is 3. The summed E-state index contributed by atoms with van der Waals surface area (Å²) in [4.78, 5) is 4.87. The Labute approximate surface area is 227 Å². The smallest absolute Gasteiger partial charge is 0.102 e. The van der Waals surface area contributed by atoms with Crippen LogP contribution >= 0.6 is 0 Å². The van der Waals surface area contributed by atoms with E-state index in [2.05, 4.69) is 53.5 Å². The first-order chi connectivity index (χ1) is 18.7. The number of aliphatic hydroxyl groups excluding tert-OH is 1. The number of aromatic nitrogens is 2. The minimum absolute atomic E-state index is 0.278. The number of nitrogens with one attached hydrogen (secondary N) is 1. The predicted octanol–water partition coefficient (Wildman–Crippen LogP) is 8.05. The lowest BCUT2D eigenvalue weighted by molar-refractivity contribution is 0.195. The van der Waals surface area contributed by atoms with E-state index in [-0.39, 0.29) is 6.61 Å². The molecular weight excluding hydrogens is 468 g/mol. The Morgan fingerprint density at radius 2 is 1.84 bits per heavy atom. The molecule has 2 fully saturated rings. The predicted molar refractivity (Wildman–Crippen MR) is 155 cm³/mol. The van der Waals surface area contributed by atoms with Gasteiger partial charge < -0.3 is 15.0 Å². The van der Waals surface area contributed by atoms with E-state index in [1.165, 1.54) is 59.9 Å². The molecule has 0 amide bonds. The number of hydrogen-bond donors (Lipinski definition) is 2. The maximum absolute atomic E-state index is 10.4. The number of rotatable bonds is 5. The van der Waals surface area contributed by atoms with Crippen molar-refractivity contribution in [1.82, 2.24) is 9.55 Å². The van der Waals surface area contributed by atoms with Gasteiger partial charge in [0.15, 0.2) is 0 Å². The second-order valence-electron chi connectivity index (χ2n) is 12.0. The summed E-state index contributed by atoms with van der Waals surface area (Å²) in [5.41, 5.74) is 9.26. The first-order valence-corrected chi connectivity index (χ1v) is 15.1. The number of anilines is 1. The number of imidazole rings is 1. The van der Waals surface area contributed by atoms with Crippen LogP contribution in [-0.4, -0.2) is 27.8 Å². The van der Waals surface area contributed by atoms with Crippen LogP contribution in [-0.2, 0) is 0 Å². The molecule has 3 aromatic rings. The molecular formula is C33H42N4O. The van der Waals surface area contributed by atoms with E-state index < -0.39 is 0 Å². The number of aliphatic hydroxyl groups is 1. The van der Waals surface area contributed by atoms with Crippen molar-refractivity contribution in [3.63, 3.8) is 0 Å². The molecule has 3 atom stereocenters. The monoisotopic (exact) mass is 510 g/mol. The van der Waals surface area contributed by atoms with Gasteiger partial charge in [-0.1, -0.05) is 45.1 Å². The normalized spacial score (nSPS) is 24.4. The van der Waals surface area contributed by atoms with Gasteiger partial charge >= 0.3 is 0 Å². The summed E-state index contributed by atoms with van der Waals surface area (Å²) < 4.78 is 2.41. The molecule has 2 N–H and O–H groups in total. The van der Waals surface area contributed by atoms with Crippen molar-refractivity contribution in [3.8, 4) is 17.2 Å². The van der Waals surface area contributed by atoms with Crippen molar-refractivity contribution in [2.45, 2.75) is 102 Å². The Bertz CT molecular complexity index is 1330. The molecule has 0 spiro atoms. The Kier molecular flexibility index (Phi) is 7.43. The van der Waals surface area contributed by atoms with Gasteiger partial charge in [0.2, 0.25) is 0 Å². The third-order valence-corrected chi connectivity index (χ3v) is 9.83. The molecule has 0 saturated heterocycles. The minimum atomic E-state index is 0.278.